The minimum Gasteiger partial charge on any atom is -0.480 e. The van der Waals surface area contributed by atoms with Crippen molar-refractivity contribution in [2.75, 3.05) is 6.79 Å². The van der Waals surface area contributed by atoms with Crippen molar-refractivity contribution in [3.05, 3.63) is 36.7 Å². The molecule has 0 saturated carbocycles. The van der Waals surface area contributed by atoms with E-state index in [0.717, 1.165) is 16.0 Å². The van der Waals surface area contributed by atoms with E-state index in [2.05, 4.69) is 4.98 Å². The van der Waals surface area contributed by atoms with E-state index in [1.54, 1.807) is 26.2 Å². The van der Waals surface area contributed by atoms with Crippen LogP contribution in [0.5, 0.6) is 11.5 Å². The van der Waals surface area contributed by atoms with Crippen LogP contribution in [0.1, 0.15) is 13.8 Å². The highest BCUT2D eigenvalue weighted by Crippen LogP contribution is 2.41. The molecule has 2 aromatic rings. The minimum atomic E-state index is -0.924. The lowest BCUT2D eigenvalue weighted by atomic mass is 10.1. The lowest BCUT2D eigenvalue weighted by molar-refractivity contribution is -0.138. The lowest BCUT2D eigenvalue weighted by Gasteiger charge is -2.20. The normalized spacial score (nSPS) is 13.2. The summed E-state index contributed by atoms with van der Waals surface area (Å²) in [4.78, 5) is 16.4. The van der Waals surface area contributed by atoms with Crippen LogP contribution >= 0.6 is 11.8 Å². The van der Waals surface area contributed by atoms with Gasteiger partial charge in [-0.2, -0.15) is 0 Å². The van der Waals surface area contributed by atoms with Crippen LogP contribution in [0.3, 0.4) is 0 Å². The number of carboxylic acids is 1. The quantitative estimate of drug-likeness (QED) is 0.871. The Balaban J connectivity index is 2.00. The maximum atomic E-state index is 11.4. The Kier molecular flexibility index (Phi) is 3.70. The molecule has 1 aliphatic rings. The summed E-state index contributed by atoms with van der Waals surface area (Å²) in [5.74, 6) is 0.549. The molecule has 0 bridgehead atoms. The van der Waals surface area contributed by atoms with Gasteiger partial charge in [0.05, 0.1) is 0 Å². The highest BCUT2D eigenvalue weighted by atomic mass is 32.2. The summed E-state index contributed by atoms with van der Waals surface area (Å²) in [6.45, 7) is 3.59. The summed E-state index contributed by atoms with van der Waals surface area (Å²) < 4.78 is 9.78. The van der Waals surface area contributed by atoms with E-state index in [-0.39, 0.29) is 6.79 Å². The zero-order valence-corrected chi connectivity index (χ0v) is 13.0. The molecule has 2 heterocycles. The van der Waals surface area contributed by atoms with E-state index in [1.165, 1.54) is 11.8 Å². The highest BCUT2D eigenvalue weighted by molar-refractivity contribution is 8.01. The van der Waals surface area contributed by atoms with Crippen molar-refractivity contribution in [2.24, 2.45) is 0 Å². The van der Waals surface area contributed by atoms with E-state index in [0.29, 0.717) is 11.5 Å². The van der Waals surface area contributed by atoms with Crippen molar-refractivity contribution < 1.29 is 19.4 Å². The summed E-state index contributed by atoms with van der Waals surface area (Å²) >= 11 is 1.30. The number of fused-ring (bicyclic) bond motifs is 1. The first-order chi connectivity index (χ1) is 10.5. The molecule has 22 heavy (non-hydrogen) atoms. The fraction of sp³-hybridized carbons (Fsp3) is 0.250. The fourth-order valence-electron chi connectivity index (χ4n) is 2.07. The largest absolute Gasteiger partial charge is 0.480 e. The van der Waals surface area contributed by atoms with E-state index in [4.69, 9.17) is 9.47 Å². The second kappa shape index (κ2) is 5.53. The van der Waals surface area contributed by atoms with Gasteiger partial charge >= 0.3 is 5.97 Å². The van der Waals surface area contributed by atoms with E-state index >= 15 is 0 Å². The van der Waals surface area contributed by atoms with Crippen LogP contribution in [-0.2, 0) is 4.79 Å². The number of rotatable bonds is 4. The van der Waals surface area contributed by atoms with Gasteiger partial charge < -0.3 is 14.6 Å². The van der Waals surface area contributed by atoms with Crippen LogP contribution in [-0.4, -0.2) is 27.6 Å². The zero-order chi connectivity index (χ0) is 15.7. The van der Waals surface area contributed by atoms with Crippen molar-refractivity contribution in [2.45, 2.75) is 23.5 Å². The number of ether oxygens (including phenoxy) is 2. The molecule has 5 nitrogen and oxygen atoms in total. The molecule has 1 aromatic carbocycles. The Hall–Kier alpha value is -2.21. The topological polar surface area (TPSA) is 68.7 Å². The Morgan fingerprint density at radius 2 is 2.05 bits per heavy atom. The van der Waals surface area contributed by atoms with Crippen LogP contribution in [0, 0.1) is 0 Å². The number of pyridine rings is 1. The third kappa shape index (κ3) is 2.74. The number of aromatic nitrogens is 1. The number of hydrogen-bond donors (Lipinski definition) is 1. The smallest absolute Gasteiger partial charge is 0.319 e. The second-order valence-corrected chi connectivity index (χ2v) is 7.02. The van der Waals surface area contributed by atoms with Gasteiger partial charge in [-0.05, 0) is 37.6 Å². The van der Waals surface area contributed by atoms with Crippen molar-refractivity contribution in [1.29, 1.82) is 0 Å². The number of aliphatic carboxylic acids is 1. The molecule has 6 heteroatoms. The van der Waals surface area contributed by atoms with Crippen molar-refractivity contribution >= 4 is 17.7 Å². The van der Waals surface area contributed by atoms with Crippen LogP contribution < -0.4 is 9.47 Å². The van der Waals surface area contributed by atoms with E-state index < -0.39 is 10.7 Å². The van der Waals surface area contributed by atoms with E-state index in [1.807, 2.05) is 24.3 Å². The van der Waals surface area contributed by atoms with Gasteiger partial charge in [-0.15, -0.1) is 11.8 Å². The molecule has 0 radical (unpaired) electrons. The van der Waals surface area contributed by atoms with Gasteiger partial charge in [-0.1, -0.05) is 6.07 Å². The Morgan fingerprint density at radius 3 is 2.82 bits per heavy atom. The predicted molar refractivity (Wildman–Crippen MR) is 83.4 cm³/mol. The van der Waals surface area contributed by atoms with Crippen LogP contribution in [0.25, 0.3) is 11.1 Å². The van der Waals surface area contributed by atoms with E-state index in [9.17, 15) is 9.90 Å². The summed E-state index contributed by atoms with van der Waals surface area (Å²) in [7, 11) is 0. The Bertz CT molecular complexity index is 730. The number of carbonyl (C=O) groups is 1. The molecular formula is C16H15NO4S. The molecule has 0 unspecified atom stereocenters. The molecule has 3 rings (SSSR count). The molecule has 1 N–H and O–H groups in total. The zero-order valence-electron chi connectivity index (χ0n) is 12.2. The number of carboxylic acid groups (broad SMARTS) is 1. The monoisotopic (exact) mass is 317 g/mol. The van der Waals surface area contributed by atoms with Crippen LogP contribution in [0.2, 0.25) is 0 Å². The maximum absolute atomic E-state index is 11.4. The van der Waals surface area contributed by atoms with Crippen molar-refractivity contribution in [3.8, 4) is 22.6 Å². The molecule has 1 aromatic heterocycles. The van der Waals surface area contributed by atoms with Gasteiger partial charge in [-0.3, -0.25) is 9.78 Å². The fourth-order valence-corrected chi connectivity index (χ4v) is 3.12. The molecule has 0 spiro atoms. The molecule has 0 aliphatic carbocycles. The van der Waals surface area contributed by atoms with Gasteiger partial charge in [0.25, 0.3) is 0 Å². The number of nitrogens with zero attached hydrogens (tertiary/aromatic N) is 1. The van der Waals surface area contributed by atoms with Crippen molar-refractivity contribution in [1.82, 2.24) is 4.98 Å². The molecular weight excluding hydrogens is 302 g/mol. The minimum absolute atomic E-state index is 0.222. The first-order valence-electron chi connectivity index (χ1n) is 6.74. The average molecular weight is 317 g/mol. The van der Waals surface area contributed by atoms with Gasteiger partial charge in [0.1, 0.15) is 4.75 Å². The molecule has 0 amide bonds. The SMILES string of the molecule is CC(C)(Sc1ccncc1-c1ccc2c(c1)OCO2)C(=O)O. The average Bonchev–Trinajstić information content (AvgIpc) is 2.94. The van der Waals surface area contributed by atoms with Gasteiger partial charge in [0.2, 0.25) is 6.79 Å². The van der Waals surface area contributed by atoms with Crippen LogP contribution in [0.15, 0.2) is 41.6 Å². The third-order valence-corrected chi connectivity index (χ3v) is 4.61. The highest BCUT2D eigenvalue weighted by Gasteiger charge is 2.29. The summed E-state index contributed by atoms with van der Waals surface area (Å²) in [5.41, 5.74) is 1.79. The first-order valence-corrected chi connectivity index (χ1v) is 7.55. The second-order valence-electron chi connectivity index (χ2n) is 5.36. The molecule has 1 aliphatic heterocycles. The predicted octanol–water partition coefficient (Wildman–Crippen LogP) is 3.43. The number of benzene rings is 1. The third-order valence-electron chi connectivity index (χ3n) is 3.34. The summed E-state index contributed by atoms with van der Waals surface area (Å²) in [6.07, 6.45) is 3.40. The number of thioether (sulfide) groups is 1. The standard InChI is InChI=1S/C16H15NO4S/c1-16(2,15(18)19)22-14-5-6-17-8-11(14)10-3-4-12-13(7-10)21-9-20-12/h3-8H,9H2,1-2H3,(H,18,19). The summed E-state index contributed by atoms with van der Waals surface area (Å²) in [5, 5.41) is 9.32. The summed E-state index contributed by atoms with van der Waals surface area (Å²) in [6, 6.07) is 7.48. The number of hydrogen-bond acceptors (Lipinski definition) is 5. The van der Waals surface area contributed by atoms with Gasteiger partial charge in [0, 0.05) is 22.9 Å². The molecule has 0 saturated heterocycles. The van der Waals surface area contributed by atoms with Gasteiger partial charge in [0.15, 0.2) is 11.5 Å². The lowest BCUT2D eigenvalue weighted by Crippen LogP contribution is -2.27. The maximum Gasteiger partial charge on any atom is 0.319 e. The Morgan fingerprint density at radius 1 is 1.27 bits per heavy atom. The molecule has 0 atom stereocenters. The Labute approximate surface area is 132 Å². The first kappa shape index (κ1) is 14.7. The van der Waals surface area contributed by atoms with Crippen LogP contribution in [0.4, 0.5) is 0 Å². The van der Waals surface area contributed by atoms with Gasteiger partial charge in [-0.25, -0.2) is 0 Å². The molecule has 0 fully saturated rings. The molecule has 114 valence electrons. The van der Waals surface area contributed by atoms with Crippen molar-refractivity contribution in [3.63, 3.8) is 0 Å².